The predicted molar refractivity (Wildman–Crippen MR) is 85.2 cm³/mol. The fourth-order valence-corrected chi connectivity index (χ4v) is 2.58. The molecule has 8 nitrogen and oxygen atoms in total. The second-order valence-electron chi connectivity index (χ2n) is 5.61. The van der Waals surface area contributed by atoms with E-state index in [4.69, 9.17) is 29.2 Å². The molecule has 0 spiro atoms. The first-order chi connectivity index (χ1) is 12.1. The number of carboxylic acid groups (broad SMARTS) is 2. The quantitative estimate of drug-likeness (QED) is 0.638. The number of benzene rings is 1. The van der Waals surface area contributed by atoms with Gasteiger partial charge < -0.3 is 29.2 Å². The first-order valence-electron chi connectivity index (χ1n) is 7.96. The van der Waals surface area contributed by atoms with Crippen LogP contribution in [0.5, 0.6) is 0 Å². The number of carboxylic acids is 2. The Kier molecular flexibility index (Phi) is 7.80. The summed E-state index contributed by atoms with van der Waals surface area (Å²) in [6.45, 7) is -0.184. The molecule has 1 heterocycles. The molecule has 138 valence electrons. The summed E-state index contributed by atoms with van der Waals surface area (Å²) < 4.78 is 22.1. The van der Waals surface area contributed by atoms with Gasteiger partial charge in [0.2, 0.25) is 0 Å². The van der Waals surface area contributed by atoms with Crippen LogP contribution in [-0.4, -0.2) is 66.9 Å². The third-order valence-electron chi connectivity index (χ3n) is 3.68. The van der Waals surface area contributed by atoms with Gasteiger partial charge in [0.15, 0.2) is 0 Å². The molecule has 0 radical (unpaired) electrons. The zero-order valence-electron chi connectivity index (χ0n) is 13.7. The number of carbonyl (C=O) groups is 2. The Bertz CT molecular complexity index is 547. The molecule has 1 fully saturated rings. The van der Waals surface area contributed by atoms with Crippen LogP contribution in [0.1, 0.15) is 12.0 Å². The number of hydrogen-bond donors (Lipinski definition) is 2. The third kappa shape index (κ3) is 6.79. The monoisotopic (exact) mass is 354 g/mol. The maximum atomic E-state index is 10.8. The first kappa shape index (κ1) is 19.3. The van der Waals surface area contributed by atoms with Crippen LogP contribution in [0.3, 0.4) is 0 Å². The standard InChI is InChI=1S/C17H22O8/c18-15(19)10-22-9-14-17(25-8-12-4-2-1-3-5-12)13(6-7-23-14)24-11-16(20)21/h1-5,13-14,17H,6-11H2,(H,18,19)(H,20,21)/t13-,14?,17?/m1/s1. The van der Waals surface area contributed by atoms with E-state index in [9.17, 15) is 9.59 Å². The molecule has 0 amide bonds. The molecule has 1 saturated heterocycles. The van der Waals surface area contributed by atoms with Crippen LogP contribution in [0.25, 0.3) is 0 Å². The van der Waals surface area contributed by atoms with Gasteiger partial charge in [-0.25, -0.2) is 9.59 Å². The molecule has 1 aromatic rings. The lowest BCUT2D eigenvalue weighted by Crippen LogP contribution is -2.50. The van der Waals surface area contributed by atoms with E-state index < -0.39 is 43.5 Å². The van der Waals surface area contributed by atoms with E-state index in [0.717, 1.165) is 5.56 Å². The number of rotatable bonds is 10. The van der Waals surface area contributed by atoms with E-state index >= 15 is 0 Å². The fraction of sp³-hybridized carbons (Fsp3) is 0.529. The van der Waals surface area contributed by atoms with Crippen LogP contribution in [0, 0.1) is 0 Å². The molecule has 2 unspecified atom stereocenters. The molecule has 1 aliphatic heterocycles. The minimum absolute atomic E-state index is 0.0265. The highest BCUT2D eigenvalue weighted by Crippen LogP contribution is 2.23. The lowest BCUT2D eigenvalue weighted by Gasteiger charge is -2.37. The van der Waals surface area contributed by atoms with Crippen molar-refractivity contribution in [2.45, 2.75) is 31.3 Å². The minimum Gasteiger partial charge on any atom is -0.480 e. The summed E-state index contributed by atoms with van der Waals surface area (Å²) in [6, 6.07) is 9.50. The van der Waals surface area contributed by atoms with E-state index in [1.54, 1.807) is 0 Å². The van der Waals surface area contributed by atoms with Gasteiger partial charge in [0.25, 0.3) is 0 Å². The summed E-state index contributed by atoms with van der Waals surface area (Å²) in [4.78, 5) is 21.4. The van der Waals surface area contributed by atoms with Crippen molar-refractivity contribution in [2.75, 3.05) is 26.4 Å². The Morgan fingerprint density at radius 2 is 1.80 bits per heavy atom. The molecule has 0 aliphatic carbocycles. The topological polar surface area (TPSA) is 112 Å². The van der Waals surface area contributed by atoms with Crippen molar-refractivity contribution in [3.63, 3.8) is 0 Å². The second-order valence-corrected chi connectivity index (χ2v) is 5.61. The first-order valence-corrected chi connectivity index (χ1v) is 7.96. The van der Waals surface area contributed by atoms with Crippen molar-refractivity contribution in [3.05, 3.63) is 35.9 Å². The van der Waals surface area contributed by atoms with Crippen LogP contribution in [0.4, 0.5) is 0 Å². The van der Waals surface area contributed by atoms with Gasteiger partial charge in [-0.15, -0.1) is 0 Å². The molecule has 1 aromatic carbocycles. The molecule has 3 atom stereocenters. The van der Waals surface area contributed by atoms with Crippen molar-refractivity contribution < 1.29 is 38.7 Å². The van der Waals surface area contributed by atoms with Crippen LogP contribution < -0.4 is 0 Å². The smallest absolute Gasteiger partial charge is 0.329 e. The van der Waals surface area contributed by atoms with Crippen molar-refractivity contribution in [1.29, 1.82) is 0 Å². The number of aliphatic carboxylic acids is 2. The van der Waals surface area contributed by atoms with E-state index in [1.807, 2.05) is 30.3 Å². The highest BCUT2D eigenvalue weighted by molar-refractivity contribution is 5.68. The van der Waals surface area contributed by atoms with Gasteiger partial charge in [-0.1, -0.05) is 30.3 Å². The normalized spacial score (nSPS) is 23.3. The largest absolute Gasteiger partial charge is 0.480 e. The van der Waals surface area contributed by atoms with E-state index in [-0.39, 0.29) is 6.61 Å². The van der Waals surface area contributed by atoms with Gasteiger partial charge in [-0.3, -0.25) is 0 Å². The van der Waals surface area contributed by atoms with Crippen LogP contribution >= 0.6 is 0 Å². The third-order valence-corrected chi connectivity index (χ3v) is 3.68. The lowest BCUT2D eigenvalue weighted by atomic mass is 10.0. The van der Waals surface area contributed by atoms with Crippen molar-refractivity contribution in [1.82, 2.24) is 0 Å². The summed E-state index contributed by atoms with van der Waals surface area (Å²) >= 11 is 0. The zero-order valence-corrected chi connectivity index (χ0v) is 13.7. The number of hydrogen-bond acceptors (Lipinski definition) is 6. The molecular formula is C17H22O8. The summed E-state index contributed by atoms with van der Waals surface area (Å²) in [5, 5.41) is 17.5. The average molecular weight is 354 g/mol. The van der Waals surface area contributed by atoms with E-state index in [0.29, 0.717) is 19.6 Å². The van der Waals surface area contributed by atoms with Gasteiger partial charge in [0.05, 0.1) is 19.3 Å². The summed E-state index contributed by atoms with van der Waals surface area (Å²) in [6.07, 6.45) is -1.06. The molecule has 0 aromatic heterocycles. The van der Waals surface area contributed by atoms with Crippen molar-refractivity contribution in [2.24, 2.45) is 0 Å². The van der Waals surface area contributed by atoms with Gasteiger partial charge in [0.1, 0.15) is 25.4 Å². The minimum atomic E-state index is -1.07. The maximum Gasteiger partial charge on any atom is 0.329 e. The second kappa shape index (κ2) is 10.1. The molecule has 2 rings (SSSR count). The van der Waals surface area contributed by atoms with Gasteiger partial charge >= 0.3 is 11.9 Å². The summed E-state index contributed by atoms with van der Waals surface area (Å²) in [5.74, 6) is -2.14. The average Bonchev–Trinajstić information content (AvgIpc) is 2.59. The van der Waals surface area contributed by atoms with Crippen molar-refractivity contribution in [3.8, 4) is 0 Å². The molecule has 1 aliphatic rings. The van der Waals surface area contributed by atoms with Gasteiger partial charge in [-0.2, -0.15) is 0 Å². The van der Waals surface area contributed by atoms with Gasteiger partial charge in [0, 0.05) is 6.61 Å². The predicted octanol–water partition coefficient (Wildman–Crippen LogP) is 0.932. The van der Waals surface area contributed by atoms with E-state index in [1.165, 1.54) is 0 Å². The maximum absolute atomic E-state index is 10.8. The Morgan fingerprint density at radius 3 is 2.48 bits per heavy atom. The fourth-order valence-electron chi connectivity index (χ4n) is 2.58. The van der Waals surface area contributed by atoms with Crippen molar-refractivity contribution >= 4 is 11.9 Å². The lowest BCUT2D eigenvalue weighted by molar-refractivity contribution is -0.198. The Hall–Kier alpha value is -2.00. The molecule has 8 heteroatoms. The van der Waals surface area contributed by atoms with E-state index in [2.05, 4.69) is 0 Å². The summed E-state index contributed by atoms with van der Waals surface area (Å²) in [5.41, 5.74) is 0.954. The van der Waals surface area contributed by atoms with Crippen LogP contribution in [-0.2, 0) is 35.1 Å². The molecular weight excluding hydrogens is 332 g/mol. The Morgan fingerprint density at radius 1 is 1.08 bits per heavy atom. The Labute approximate surface area is 145 Å². The zero-order chi connectivity index (χ0) is 18.1. The van der Waals surface area contributed by atoms with Crippen LogP contribution in [0.2, 0.25) is 0 Å². The highest BCUT2D eigenvalue weighted by Gasteiger charge is 2.36. The highest BCUT2D eigenvalue weighted by atomic mass is 16.6. The number of ether oxygens (including phenoxy) is 4. The summed E-state index contributed by atoms with van der Waals surface area (Å²) in [7, 11) is 0. The molecule has 25 heavy (non-hydrogen) atoms. The molecule has 0 bridgehead atoms. The Balaban J connectivity index is 1.98. The molecule has 2 N–H and O–H groups in total. The molecule has 0 saturated carbocycles. The van der Waals surface area contributed by atoms with Gasteiger partial charge in [-0.05, 0) is 12.0 Å². The van der Waals surface area contributed by atoms with Crippen LogP contribution in [0.15, 0.2) is 30.3 Å². The SMILES string of the molecule is O=C(O)COCC1OCC[C@@H](OCC(=O)O)C1OCc1ccccc1.